The van der Waals surface area contributed by atoms with E-state index in [4.69, 9.17) is 4.42 Å². The molecular weight excluding hydrogens is 438 g/mol. The van der Waals surface area contributed by atoms with Gasteiger partial charge >= 0.3 is 0 Å². The van der Waals surface area contributed by atoms with Crippen molar-refractivity contribution in [2.24, 2.45) is 0 Å². The number of hydrogen-bond acceptors (Lipinski definition) is 5. The summed E-state index contributed by atoms with van der Waals surface area (Å²) in [6, 6.07) is 23.5. The maximum absolute atomic E-state index is 13.0. The molecule has 0 saturated carbocycles. The third kappa shape index (κ3) is 3.38. The number of hydrogen-bond donors (Lipinski definition) is 1. The molecule has 166 valence electrons. The van der Waals surface area contributed by atoms with Gasteiger partial charge in [-0.15, -0.1) is 0 Å². The van der Waals surface area contributed by atoms with E-state index in [0.717, 1.165) is 16.6 Å². The third-order valence-corrected chi connectivity index (χ3v) is 6.14. The second-order valence-corrected chi connectivity index (χ2v) is 8.44. The van der Waals surface area contributed by atoms with Crippen LogP contribution in [0.15, 0.2) is 77.2 Å². The highest BCUT2D eigenvalue weighted by Gasteiger charge is 2.29. The molecule has 2 heterocycles. The molecule has 1 aliphatic carbocycles. The van der Waals surface area contributed by atoms with Crippen LogP contribution in [-0.4, -0.2) is 21.5 Å². The Labute approximate surface area is 200 Å². The summed E-state index contributed by atoms with van der Waals surface area (Å²) in [6.45, 7) is 1.99. The first-order valence-corrected chi connectivity index (χ1v) is 11.0. The van der Waals surface area contributed by atoms with Crippen molar-refractivity contribution < 1.29 is 14.0 Å². The van der Waals surface area contributed by atoms with Crippen molar-refractivity contribution in [3.63, 3.8) is 0 Å². The molecule has 0 aliphatic heterocycles. The van der Waals surface area contributed by atoms with Crippen molar-refractivity contribution in [1.29, 1.82) is 5.26 Å². The Morgan fingerprint density at radius 3 is 2.43 bits per heavy atom. The van der Waals surface area contributed by atoms with Crippen LogP contribution in [0.5, 0.6) is 0 Å². The number of fused-ring (bicyclic) bond motifs is 3. The number of imidazole rings is 1. The third-order valence-electron chi connectivity index (χ3n) is 6.14. The molecule has 0 saturated heterocycles. The van der Waals surface area contributed by atoms with Gasteiger partial charge < -0.3 is 9.40 Å². The number of ketones is 2. The van der Waals surface area contributed by atoms with Crippen molar-refractivity contribution in [2.75, 3.05) is 0 Å². The van der Waals surface area contributed by atoms with Gasteiger partial charge in [0.05, 0.1) is 16.6 Å². The van der Waals surface area contributed by atoms with Crippen LogP contribution < -0.4 is 0 Å². The van der Waals surface area contributed by atoms with Gasteiger partial charge in [0.1, 0.15) is 23.4 Å². The fraction of sp³-hybridized carbons (Fsp3) is 0.0345. The van der Waals surface area contributed by atoms with Crippen LogP contribution in [-0.2, 0) is 0 Å². The Balaban J connectivity index is 1.35. The number of benzene rings is 3. The van der Waals surface area contributed by atoms with E-state index in [0.29, 0.717) is 50.7 Å². The zero-order valence-corrected chi connectivity index (χ0v) is 18.6. The van der Waals surface area contributed by atoms with E-state index in [-0.39, 0.29) is 11.6 Å². The minimum Gasteiger partial charge on any atom is -0.457 e. The quantitative estimate of drug-likeness (QED) is 0.331. The zero-order valence-electron chi connectivity index (χ0n) is 18.6. The summed E-state index contributed by atoms with van der Waals surface area (Å²) in [5.41, 5.74) is 5.31. The summed E-state index contributed by atoms with van der Waals surface area (Å²) < 4.78 is 5.97. The zero-order chi connectivity index (χ0) is 24.1. The normalized spacial score (nSPS) is 13.0. The maximum atomic E-state index is 13.0. The van der Waals surface area contributed by atoms with Crippen molar-refractivity contribution in [2.45, 2.75) is 6.92 Å². The van der Waals surface area contributed by atoms with E-state index >= 15 is 0 Å². The molecule has 0 spiro atoms. The minimum atomic E-state index is -0.185. The number of allylic oxidation sites excluding steroid dienone is 1. The fourth-order valence-corrected chi connectivity index (χ4v) is 4.39. The maximum Gasteiger partial charge on any atom is 0.194 e. The number of aromatic nitrogens is 2. The van der Waals surface area contributed by atoms with Crippen LogP contribution >= 0.6 is 0 Å². The van der Waals surface area contributed by atoms with Gasteiger partial charge in [0, 0.05) is 33.9 Å². The molecule has 2 aromatic heterocycles. The number of carbonyl (C=O) groups is 2. The minimum absolute atomic E-state index is 0.162. The molecular formula is C29H17N3O3. The van der Waals surface area contributed by atoms with E-state index in [1.54, 1.807) is 60.7 Å². The monoisotopic (exact) mass is 455 g/mol. The molecule has 1 aliphatic rings. The Bertz CT molecular complexity index is 1760. The largest absolute Gasteiger partial charge is 0.457 e. The summed E-state index contributed by atoms with van der Waals surface area (Å²) in [7, 11) is 0. The molecule has 6 rings (SSSR count). The average Bonchev–Trinajstić information content (AvgIpc) is 3.52. The molecule has 5 aromatic rings. The van der Waals surface area contributed by atoms with Gasteiger partial charge in [-0.3, -0.25) is 9.59 Å². The molecule has 0 atom stereocenters. The SMILES string of the molecule is Cc1ccc2nc(/C(C#N)=C\c3ccc(-c4ccc5c(c4)C(=O)c4ccccc4C5=O)o3)[nH]c2c1. The Kier molecular flexibility index (Phi) is 4.58. The number of aryl methyl sites for hydroxylation is 1. The van der Waals surface area contributed by atoms with E-state index in [1.165, 1.54) is 0 Å². The standard InChI is InChI=1S/C29H17N3O3/c1-16-6-10-24-25(12-16)32-29(31-24)18(15-30)13-19-8-11-26(35-19)17-7-9-22-23(14-17)28(34)21-5-3-2-4-20(21)27(22)33/h2-14H,1H3,(H,31,32)/b18-13-. The molecule has 6 heteroatoms. The van der Waals surface area contributed by atoms with E-state index in [9.17, 15) is 14.9 Å². The second-order valence-electron chi connectivity index (χ2n) is 8.44. The van der Waals surface area contributed by atoms with Crippen LogP contribution in [0.3, 0.4) is 0 Å². The van der Waals surface area contributed by atoms with E-state index in [2.05, 4.69) is 16.0 Å². The highest BCUT2D eigenvalue weighted by Crippen LogP contribution is 2.32. The summed E-state index contributed by atoms with van der Waals surface area (Å²) >= 11 is 0. The van der Waals surface area contributed by atoms with Crippen molar-refractivity contribution >= 4 is 34.2 Å². The highest BCUT2D eigenvalue weighted by atomic mass is 16.3. The van der Waals surface area contributed by atoms with Gasteiger partial charge in [0.2, 0.25) is 0 Å². The van der Waals surface area contributed by atoms with E-state index < -0.39 is 0 Å². The number of rotatable bonds is 3. The predicted octanol–water partition coefficient (Wildman–Crippen LogP) is 5.97. The number of nitriles is 1. The molecule has 6 nitrogen and oxygen atoms in total. The topological polar surface area (TPSA) is 99.8 Å². The number of furan rings is 1. The van der Waals surface area contributed by atoms with Crippen LogP contribution in [0.1, 0.15) is 49.0 Å². The molecule has 0 unspecified atom stereocenters. The van der Waals surface area contributed by atoms with E-state index in [1.807, 2.05) is 25.1 Å². The molecule has 0 bridgehead atoms. The Hall–Kier alpha value is -5.02. The van der Waals surface area contributed by atoms with Crippen molar-refractivity contribution in [3.05, 3.63) is 112 Å². The second kappa shape index (κ2) is 7.79. The number of aromatic amines is 1. The lowest BCUT2D eigenvalue weighted by Gasteiger charge is -2.17. The van der Waals surface area contributed by atoms with Crippen LogP contribution in [0.2, 0.25) is 0 Å². The van der Waals surface area contributed by atoms with Gasteiger partial charge in [-0.05, 0) is 48.9 Å². The van der Waals surface area contributed by atoms with Gasteiger partial charge in [0.15, 0.2) is 11.6 Å². The molecule has 3 aromatic carbocycles. The van der Waals surface area contributed by atoms with Gasteiger partial charge in [-0.2, -0.15) is 5.26 Å². The first kappa shape index (κ1) is 20.6. The molecule has 0 radical (unpaired) electrons. The molecule has 35 heavy (non-hydrogen) atoms. The predicted molar refractivity (Wildman–Crippen MR) is 132 cm³/mol. The van der Waals surface area contributed by atoms with Crippen LogP contribution in [0, 0.1) is 18.3 Å². The number of nitrogens with zero attached hydrogens (tertiary/aromatic N) is 2. The van der Waals surface area contributed by atoms with Gasteiger partial charge in [-0.1, -0.05) is 36.4 Å². The van der Waals surface area contributed by atoms with Crippen LogP contribution in [0.4, 0.5) is 0 Å². The number of H-pyrrole nitrogens is 1. The Morgan fingerprint density at radius 1 is 0.914 bits per heavy atom. The lowest BCUT2D eigenvalue weighted by atomic mass is 9.83. The lowest BCUT2D eigenvalue weighted by molar-refractivity contribution is 0.0979. The van der Waals surface area contributed by atoms with Crippen molar-refractivity contribution in [1.82, 2.24) is 9.97 Å². The summed E-state index contributed by atoms with van der Waals surface area (Å²) in [6.07, 6.45) is 1.62. The molecule has 0 amide bonds. The Morgan fingerprint density at radius 2 is 1.66 bits per heavy atom. The highest BCUT2D eigenvalue weighted by molar-refractivity contribution is 6.28. The number of nitrogens with one attached hydrogen (secondary N) is 1. The lowest BCUT2D eigenvalue weighted by Crippen LogP contribution is -2.20. The first-order chi connectivity index (χ1) is 17.0. The van der Waals surface area contributed by atoms with Gasteiger partial charge in [0.25, 0.3) is 0 Å². The molecule has 1 N–H and O–H groups in total. The summed E-state index contributed by atoms with van der Waals surface area (Å²) in [5.74, 6) is 1.11. The summed E-state index contributed by atoms with van der Waals surface area (Å²) in [5, 5.41) is 9.72. The average molecular weight is 455 g/mol. The fourth-order valence-electron chi connectivity index (χ4n) is 4.39. The van der Waals surface area contributed by atoms with Gasteiger partial charge in [-0.25, -0.2) is 4.98 Å². The molecule has 0 fully saturated rings. The first-order valence-electron chi connectivity index (χ1n) is 11.0. The number of carbonyl (C=O) groups excluding carboxylic acids is 2. The van der Waals surface area contributed by atoms with Crippen LogP contribution in [0.25, 0.3) is 34.0 Å². The van der Waals surface area contributed by atoms with Crippen molar-refractivity contribution in [3.8, 4) is 17.4 Å². The smallest absolute Gasteiger partial charge is 0.194 e. The summed E-state index contributed by atoms with van der Waals surface area (Å²) in [4.78, 5) is 33.6.